The molecular formula is C21H17N3O4S. The molecule has 29 heavy (non-hydrogen) atoms. The molecule has 0 amide bonds. The highest BCUT2D eigenvalue weighted by molar-refractivity contribution is 7.13. The lowest BCUT2D eigenvalue weighted by Crippen LogP contribution is -2.08. The standard InChI is InChI=1S/C21H17N3O4S/c1-13-3-5-15(6-4-13)20-23-18(12-29-20)21(25)27-17-9-7-16(8-10-17)26-11-19-22-14(2)24-28-19/h3-10,12H,11H2,1-2H3. The summed E-state index contributed by atoms with van der Waals surface area (Å²) in [5.41, 5.74) is 2.42. The average molecular weight is 407 g/mol. The summed E-state index contributed by atoms with van der Waals surface area (Å²) in [5, 5.41) is 6.17. The van der Waals surface area contributed by atoms with Gasteiger partial charge in [0.1, 0.15) is 16.5 Å². The maximum atomic E-state index is 12.4. The van der Waals surface area contributed by atoms with Crippen molar-refractivity contribution < 1.29 is 18.8 Å². The highest BCUT2D eigenvalue weighted by Crippen LogP contribution is 2.25. The lowest BCUT2D eigenvalue weighted by Gasteiger charge is -2.05. The molecule has 2 aromatic heterocycles. The van der Waals surface area contributed by atoms with Crippen molar-refractivity contribution in [3.05, 3.63) is 76.9 Å². The van der Waals surface area contributed by atoms with Crippen LogP contribution >= 0.6 is 11.3 Å². The van der Waals surface area contributed by atoms with Crippen molar-refractivity contribution >= 4 is 17.3 Å². The summed E-state index contributed by atoms with van der Waals surface area (Å²) in [6, 6.07) is 14.7. The minimum absolute atomic E-state index is 0.167. The van der Waals surface area contributed by atoms with Crippen LogP contribution in [-0.4, -0.2) is 21.1 Å². The normalized spacial score (nSPS) is 10.7. The third kappa shape index (κ3) is 4.67. The minimum Gasteiger partial charge on any atom is -0.484 e. The fourth-order valence-electron chi connectivity index (χ4n) is 2.50. The molecule has 2 aromatic carbocycles. The summed E-state index contributed by atoms with van der Waals surface area (Å²) in [6.07, 6.45) is 0. The second-order valence-electron chi connectivity index (χ2n) is 6.29. The van der Waals surface area contributed by atoms with Crippen LogP contribution in [0.1, 0.15) is 27.8 Å². The quantitative estimate of drug-likeness (QED) is 0.341. The van der Waals surface area contributed by atoms with E-state index in [0.717, 1.165) is 10.6 Å². The zero-order chi connectivity index (χ0) is 20.2. The Morgan fingerprint density at radius 2 is 1.72 bits per heavy atom. The largest absolute Gasteiger partial charge is 0.484 e. The molecule has 0 bridgehead atoms. The molecule has 0 aliphatic rings. The van der Waals surface area contributed by atoms with Gasteiger partial charge in [-0.1, -0.05) is 35.0 Å². The van der Waals surface area contributed by atoms with Crippen LogP contribution in [0.25, 0.3) is 10.6 Å². The molecule has 0 N–H and O–H groups in total. The smallest absolute Gasteiger partial charge is 0.363 e. The Balaban J connectivity index is 1.36. The fourth-order valence-corrected chi connectivity index (χ4v) is 3.30. The number of carbonyl (C=O) groups excluding carboxylic acids is 1. The molecule has 0 atom stereocenters. The van der Waals surface area contributed by atoms with E-state index in [1.807, 2.05) is 31.2 Å². The van der Waals surface area contributed by atoms with Gasteiger partial charge in [-0.2, -0.15) is 4.98 Å². The Labute approximate surface area is 170 Å². The maximum Gasteiger partial charge on any atom is 0.363 e. The number of carbonyl (C=O) groups is 1. The molecule has 0 radical (unpaired) electrons. The summed E-state index contributed by atoms with van der Waals surface area (Å²) in [5.74, 6) is 1.44. The van der Waals surface area contributed by atoms with Gasteiger partial charge in [0.05, 0.1) is 0 Å². The summed E-state index contributed by atoms with van der Waals surface area (Å²) in [7, 11) is 0. The first kappa shape index (κ1) is 18.8. The van der Waals surface area contributed by atoms with E-state index in [-0.39, 0.29) is 12.3 Å². The van der Waals surface area contributed by atoms with Gasteiger partial charge in [-0.15, -0.1) is 11.3 Å². The van der Waals surface area contributed by atoms with Crippen LogP contribution in [0.2, 0.25) is 0 Å². The Bertz CT molecular complexity index is 1120. The number of aromatic nitrogens is 3. The summed E-state index contributed by atoms with van der Waals surface area (Å²) >= 11 is 1.40. The van der Waals surface area contributed by atoms with E-state index in [1.165, 1.54) is 16.9 Å². The van der Waals surface area contributed by atoms with Gasteiger partial charge in [0.2, 0.25) is 0 Å². The summed E-state index contributed by atoms with van der Waals surface area (Å²) < 4.78 is 16.0. The molecule has 4 aromatic rings. The molecule has 146 valence electrons. The second-order valence-corrected chi connectivity index (χ2v) is 7.15. The van der Waals surface area contributed by atoms with Crippen molar-refractivity contribution in [3.63, 3.8) is 0 Å². The second kappa shape index (κ2) is 8.24. The van der Waals surface area contributed by atoms with Crippen molar-refractivity contribution in [2.24, 2.45) is 0 Å². The predicted molar refractivity (Wildman–Crippen MR) is 107 cm³/mol. The molecule has 8 heteroatoms. The van der Waals surface area contributed by atoms with Gasteiger partial charge in [-0.3, -0.25) is 0 Å². The average Bonchev–Trinajstić information content (AvgIpc) is 3.37. The van der Waals surface area contributed by atoms with Crippen LogP contribution in [0, 0.1) is 13.8 Å². The number of thiazole rings is 1. The third-order valence-electron chi connectivity index (χ3n) is 3.98. The van der Waals surface area contributed by atoms with Crippen molar-refractivity contribution in [2.75, 3.05) is 0 Å². The summed E-state index contributed by atoms with van der Waals surface area (Å²) in [4.78, 5) is 20.8. The minimum atomic E-state index is -0.505. The first-order chi connectivity index (χ1) is 14.1. The first-order valence-corrected chi connectivity index (χ1v) is 9.71. The molecule has 0 aliphatic heterocycles. The number of hydrogen-bond donors (Lipinski definition) is 0. The lowest BCUT2D eigenvalue weighted by atomic mass is 10.2. The molecule has 0 saturated carbocycles. The topological polar surface area (TPSA) is 87.3 Å². The van der Waals surface area contributed by atoms with E-state index in [2.05, 4.69) is 15.1 Å². The van der Waals surface area contributed by atoms with Crippen LogP contribution in [0.4, 0.5) is 0 Å². The maximum absolute atomic E-state index is 12.4. The molecule has 0 unspecified atom stereocenters. The van der Waals surface area contributed by atoms with Gasteiger partial charge in [0.25, 0.3) is 5.89 Å². The van der Waals surface area contributed by atoms with Crippen LogP contribution in [0.15, 0.2) is 58.4 Å². The molecule has 7 nitrogen and oxygen atoms in total. The zero-order valence-electron chi connectivity index (χ0n) is 15.8. The van der Waals surface area contributed by atoms with E-state index < -0.39 is 5.97 Å². The van der Waals surface area contributed by atoms with Crippen molar-refractivity contribution in [2.45, 2.75) is 20.5 Å². The van der Waals surface area contributed by atoms with Crippen LogP contribution in [-0.2, 0) is 6.61 Å². The number of hydrogen-bond acceptors (Lipinski definition) is 8. The Kier molecular flexibility index (Phi) is 5.35. The van der Waals surface area contributed by atoms with Gasteiger partial charge < -0.3 is 14.0 Å². The van der Waals surface area contributed by atoms with Gasteiger partial charge in [0, 0.05) is 10.9 Å². The Morgan fingerprint density at radius 3 is 2.41 bits per heavy atom. The number of esters is 1. The van der Waals surface area contributed by atoms with Crippen LogP contribution in [0.5, 0.6) is 11.5 Å². The van der Waals surface area contributed by atoms with E-state index in [4.69, 9.17) is 14.0 Å². The van der Waals surface area contributed by atoms with Crippen LogP contribution < -0.4 is 9.47 Å². The van der Waals surface area contributed by atoms with Gasteiger partial charge >= 0.3 is 5.97 Å². The van der Waals surface area contributed by atoms with Gasteiger partial charge in [-0.25, -0.2) is 9.78 Å². The summed E-state index contributed by atoms with van der Waals surface area (Å²) in [6.45, 7) is 3.93. The zero-order valence-corrected chi connectivity index (χ0v) is 16.6. The predicted octanol–water partition coefficient (Wildman–Crippen LogP) is 4.61. The van der Waals surface area contributed by atoms with Crippen molar-refractivity contribution in [3.8, 4) is 22.1 Å². The van der Waals surface area contributed by atoms with Gasteiger partial charge in [0.15, 0.2) is 18.1 Å². The highest BCUT2D eigenvalue weighted by atomic mass is 32.1. The molecule has 0 saturated heterocycles. The molecule has 0 spiro atoms. The van der Waals surface area contributed by atoms with E-state index in [1.54, 1.807) is 36.6 Å². The molecule has 4 rings (SSSR count). The lowest BCUT2D eigenvalue weighted by molar-refractivity contribution is 0.0729. The number of rotatable bonds is 6. The molecule has 0 fully saturated rings. The van der Waals surface area contributed by atoms with E-state index in [0.29, 0.717) is 23.2 Å². The number of ether oxygens (including phenoxy) is 2. The Morgan fingerprint density at radius 1 is 1.00 bits per heavy atom. The highest BCUT2D eigenvalue weighted by Gasteiger charge is 2.14. The molecule has 2 heterocycles. The SMILES string of the molecule is Cc1ccc(-c2nc(C(=O)Oc3ccc(OCc4nc(C)no4)cc3)cs2)cc1. The molecular weight excluding hydrogens is 390 g/mol. The number of nitrogens with zero attached hydrogens (tertiary/aromatic N) is 3. The van der Waals surface area contributed by atoms with E-state index in [9.17, 15) is 4.79 Å². The van der Waals surface area contributed by atoms with E-state index >= 15 is 0 Å². The third-order valence-corrected chi connectivity index (χ3v) is 4.87. The van der Waals surface area contributed by atoms with Crippen molar-refractivity contribution in [1.82, 2.24) is 15.1 Å². The van der Waals surface area contributed by atoms with Crippen molar-refractivity contribution in [1.29, 1.82) is 0 Å². The first-order valence-electron chi connectivity index (χ1n) is 8.83. The number of benzene rings is 2. The Hall–Kier alpha value is -3.52. The van der Waals surface area contributed by atoms with Gasteiger partial charge in [-0.05, 0) is 38.1 Å². The fraction of sp³-hybridized carbons (Fsp3) is 0.143. The van der Waals surface area contributed by atoms with Crippen LogP contribution in [0.3, 0.4) is 0 Å². The number of aryl methyl sites for hydroxylation is 2. The molecule has 0 aliphatic carbocycles. The monoisotopic (exact) mass is 407 g/mol.